The minimum Gasteiger partial charge on any atom is -0.325 e. The molecule has 4 rings (SSSR count). The van der Waals surface area contributed by atoms with Crippen LogP contribution in [-0.4, -0.2) is 33.9 Å². The number of nitrogens with one attached hydrogen (secondary N) is 1. The Bertz CT molecular complexity index is 1080. The van der Waals surface area contributed by atoms with E-state index in [0.29, 0.717) is 12.2 Å². The smallest absolute Gasteiger partial charge is 0.227 e. The van der Waals surface area contributed by atoms with Gasteiger partial charge in [-0.25, -0.2) is 4.68 Å². The third-order valence-corrected chi connectivity index (χ3v) is 6.54. The number of hydrogen-bond donors (Lipinski definition) is 1. The molecule has 0 unspecified atom stereocenters. The van der Waals surface area contributed by atoms with Crippen LogP contribution in [0.15, 0.2) is 64.1 Å². The van der Waals surface area contributed by atoms with Crippen molar-refractivity contribution in [3.05, 3.63) is 64.8 Å². The van der Waals surface area contributed by atoms with Gasteiger partial charge in [0.1, 0.15) is 5.03 Å². The molecule has 0 radical (unpaired) electrons. The van der Waals surface area contributed by atoms with Crippen molar-refractivity contribution in [2.75, 3.05) is 22.5 Å². The minimum atomic E-state index is -0.182. The minimum absolute atomic E-state index is 0.0606. The number of aromatic nitrogens is 2. The predicted octanol–water partition coefficient (Wildman–Crippen LogP) is 4.80. The fourth-order valence-electron chi connectivity index (χ4n) is 3.41. The first-order chi connectivity index (χ1) is 14.5. The standard InChI is InChI=1S/C22H21BrN4O2S/c1-15-21-22(27(25-15)16-7-3-2-4-8-16)30-14-13-26(21)20(29)12-11-19(28)24-18-10-6-5-9-17(18)23/h2-10H,11-14H2,1H3,(H,24,28). The highest BCUT2D eigenvalue weighted by atomic mass is 79.9. The molecule has 0 aliphatic carbocycles. The molecule has 1 aliphatic heterocycles. The summed E-state index contributed by atoms with van der Waals surface area (Å²) >= 11 is 5.12. The first-order valence-corrected chi connectivity index (χ1v) is 11.4. The van der Waals surface area contributed by atoms with Crippen molar-refractivity contribution in [1.82, 2.24) is 9.78 Å². The molecule has 0 bridgehead atoms. The molecule has 0 fully saturated rings. The van der Waals surface area contributed by atoms with E-state index in [-0.39, 0.29) is 24.7 Å². The highest BCUT2D eigenvalue weighted by molar-refractivity contribution is 9.10. The molecular formula is C22H21BrN4O2S. The summed E-state index contributed by atoms with van der Waals surface area (Å²) in [4.78, 5) is 27.1. The molecule has 30 heavy (non-hydrogen) atoms. The summed E-state index contributed by atoms with van der Waals surface area (Å²) in [5.41, 5.74) is 3.33. The molecule has 3 aromatic rings. The van der Waals surface area contributed by atoms with Gasteiger partial charge in [-0.15, -0.1) is 11.8 Å². The number of benzene rings is 2. The summed E-state index contributed by atoms with van der Waals surface area (Å²) in [5.74, 6) is 0.549. The average Bonchev–Trinajstić information content (AvgIpc) is 3.11. The molecule has 154 valence electrons. The molecule has 6 nitrogen and oxygen atoms in total. The van der Waals surface area contributed by atoms with Crippen LogP contribution in [0, 0.1) is 6.92 Å². The largest absolute Gasteiger partial charge is 0.325 e. The number of halogens is 1. The molecule has 1 aliphatic rings. The summed E-state index contributed by atoms with van der Waals surface area (Å²) in [6.07, 6.45) is 0.279. The van der Waals surface area contributed by atoms with E-state index in [9.17, 15) is 9.59 Å². The Morgan fingerprint density at radius 1 is 1.10 bits per heavy atom. The van der Waals surface area contributed by atoms with Gasteiger partial charge in [-0.3, -0.25) is 9.59 Å². The molecule has 0 spiro atoms. The summed E-state index contributed by atoms with van der Waals surface area (Å²) in [6, 6.07) is 17.3. The maximum atomic E-state index is 13.0. The first kappa shape index (κ1) is 20.7. The summed E-state index contributed by atoms with van der Waals surface area (Å²) in [6.45, 7) is 2.54. The van der Waals surface area contributed by atoms with Crippen molar-refractivity contribution in [3.63, 3.8) is 0 Å². The van der Waals surface area contributed by atoms with Crippen molar-refractivity contribution in [2.24, 2.45) is 0 Å². The number of anilines is 2. The van der Waals surface area contributed by atoms with Crippen LogP contribution < -0.4 is 10.2 Å². The number of fused-ring (bicyclic) bond motifs is 1. The second kappa shape index (κ2) is 9.06. The molecule has 8 heteroatoms. The van der Waals surface area contributed by atoms with Gasteiger partial charge >= 0.3 is 0 Å². The fourth-order valence-corrected chi connectivity index (χ4v) is 4.92. The van der Waals surface area contributed by atoms with Crippen LogP contribution in [-0.2, 0) is 9.59 Å². The third-order valence-electron chi connectivity index (χ3n) is 4.83. The molecule has 2 heterocycles. The van der Waals surface area contributed by atoms with E-state index in [2.05, 4.69) is 26.3 Å². The van der Waals surface area contributed by atoms with E-state index in [1.807, 2.05) is 66.2 Å². The van der Waals surface area contributed by atoms with Gasteiger partial charge < -0.3 is 10.2 Å². The maximum absolute atomic E-state index is 13.0. The number of amides is 2. The Morgan fingerprint density at radius 2 is 1.83 bits per heavy atom. The number of thioether (sulfide) groups is 1. The zero-order valence-electron chi connectivity index (χ0n) is 16.5. The van der Waals surface area contributed by atoms with Gasteiger partial charge in [-0.05, 0) is 47.1 Å². The maximum Gasteiger partial charge on any atom is 0.227 e. The number of nitrogens with zero attached hydrogens (tertiary/aromatic N) is 3. The lowest BCUT2D eigenvalue weighted by molar-refractivity contribution is -0.122. The van der Waals surface area contributed by atoms with Crippen molar-refractivity contribution in [1.29, 1.82) is 0 Å². The molecule has 1 N–H and O–H groups in total. The van der Waals surface area contributed by atoms with Gasteiger partial charge in [0, 0.05) is 29.6 Å². The lowest BCUT2D eigenvalue weighted by atomic mass is 10.2. The van der Waals surface area contributed by atoms with Crippen molar-refractivity contribution in [2.45, 2.75) is 24.8 Å². The van der Waals surface area contributed by atoms with Crippen LogP contribution in [0.3, 0.4) is 0 Å². The number of para-hydroxylation sites is 2. The summed E-state index contributed by atoms with van der Waals surface area (Å²) in [7, 11) is 0. The highest BCUT2D eigenvalue weighted by Crippen LogP contribution is 2.39. The van der Waals surface area contributed by atoms with Gasteiger partial charge in [0.25, 0.3) is 0 Å². The number of carbonyl (C=O) groups excluding carboxylic acids is 2. The first-order valence-electron chi connectivity index (χ1n) is 9.67. The van der Waals surface area contributed by atoms with E-state index in [4.69, 9.17) is 0 Å². The Kier molecular flexibility index (Phi) is 6.24. The molecule has 0 saturated carbocycles. The molecule has 0 atom stereocenters. The van der Waals surface area contributed by atoms with Gasteiger partial charge in [-0.1, -0.05) is 30.3 Å². The monoisotopic (exact) mass is 484 g/mol. The quantitative estimate of drug-likeness (QED) is 0.564. The van der Waals surface area contributed by atoms with Crippen LogP contribution in [0.4, 0.5) is 11.4 Å². The van der Waals surface area contributed by atoms with Crippen LogP contribution in [0.1, 0.15) is 18.5 Å². The lowest BCUT2D eigenvalue weighted by Gasteiger charge is -2.27. The van der Waals surface area contributed by atoms with Gasteiger partial charge in [0.2, 0.25) is 11.8 Å². The Morgan fingerprint density at radius 3 is 2.60 bits per heavy atom. The Balaban J connectivity index is 1.47. The van der Waals surface area contributed by atoms with Crippen LogP contribution in [0.25, 0.3) is 5.69 Å². The number of rotatable bonds is 5. The van der Waals surface area contributed by atoms with E-state index < -0.39 is 0 Å². The van der Waals surface area contributed by atoms with Crippen LogP contribution in [0.5, 0.6) is 0 Å². The van der Waals surface area contributed by atoms with Crippen LogP contribution >= 0.6 is 27.7 Å². The van der Waals surface area contributed by atoms with Gasteiger partial charge in [0.15, 0.2) is 0 Å². The van der Waals surface area contributed by atoms with Crippen molar-refractivity contribution in [3.8, 4) is 5.69 Å². The Labute approximate surface area is 187 Å². The van der Waals surface area contributed by atoms with Gasteiger partial charge in [-0.2, -0.15) is 5.10 Å². The van der Waals surface area contributed by atoms with Crippen molar-refractivity contribution < 1.29 is 9.59 Å². The molecule has 1 aromatic heterocycles. The zero-order valence-corrected chi connectivity index (χ0v) is 18.9. The van der Waals surface area contributed by atoms with Crippen molar-refractivity contribution >= 4 is 50.9 Å². The number of aryl methyl sites for hydroxylation is 1. The van der Waals surface area contributed by atoms with Gasteiger partial charge in [0.05, 0.1) is 22.8 Å². The molecule has 2 amide bonds. The van der Waals surface area contributed by atoms with E-state index in [1.165, 1.54) is 0 Å². The second-order valence-electron chi connectivity index (χ2n) is 6.91. The molecular weight excluding hydrogens is 464 g/mol. The topological polar surface area (TPSA) is 67.2 Å². The van der Waals surface area contributed by atoms with E-state index >= 15 is 0 Å². The lowest BCUT2D eigenvalue weighted by Crippen LogP contribution is -2.36. The fraction of sp³-hybridized carbons (Fsp3) is 0.227. The number of carbonyl (C=O) groups is 2. The highest BCUT2D eigenvalue weighted by Gasteiger charge is 2.29. The zero-order chi connectivity index (χ0) is 21.1. The normalized spacial score (nSPS) is 13.1. The molecule has 0 saturated heterocycles. The number of hydrogen-bond acceptors (Lipinski definition) is 4. The third kappa shape index (κ3) is 4.29. The predicted molar refractivity (Wildman–Crippen MR) is 123 cm³/mol. The summed E-state index contributed by atoms with van der Waals surface area (Å²) < 4.78 is 2.71. The van der Waals surface area contributed by atoms with Crippen LogP contribution in [0.2, 0.25) is 0 Å². The average molecular weight is 485 g/mol. The second-order valence-corrected chi connectivity index (χ2v) is 8.85. The molecule has 2 aromatic carbocycles. The SMILES string of the molecule is Cc1nn(-c2ccccc2)c2c1N(C(=O)CCC(=O)Nc1ccccc1Br)CCS2. The van der Waals surface area contributed by atoms with E-state index in [1.54, 1.807) is 16.7 Å². The Hall–Kier alpha value is -2.58. The van der Waals surface area contributed by atoms with E-state index in [0.717, 1.165) is 32.3 Å². The summed E-state index contributed by atoms with van der Waals surface area (Å²) in [5, 5.41) is 8.49.